The largest absolute Gasteiger partial charge is 0.373 e. The molecule has 0 radical (unpaired) electrons. The van der Waals surface area contributed by atoms with Crippen LogP contribution in [0.3, 0.4) is 0 Å². The Morgan fingerprint density at radius 3 is 2.29 bits per heavy atom. The molecule has 116 valence electrons. The Hall–Kier alpha value is -0.860. The molecule has 0 heterocycles. The molecule has 21 heavy (non-hydrogen) atoms. The Kier molecular flexibility index (Phi) is 4.66. The van der Waals surface area contributed by atoms with Crippen LogP contribution in [0.4, 0.5) is 0 Å². The van der Waals surface area contributed by atoms with Gasteiger partial charge in [-0.3, -0.25) is 0 Å². The molecule has 0 aromatic heterocycles. The van der Waals surface area contributed by atoms with E-state index in [1.807, 2.05) is 0 Å². The average molecular weight is 287 g/mol. The standard InChI is InChI=1S/C19H29NO/c1-2-21-19(13-4-3-5-14-19)18(20)17-11-9-16(10-12-17)15-7-6-8-15/h9-12,15,18H,2-8,13-14,20H2,1H3. The maximum absolute atomic E-state index is 6.64. The fraction of sp³-hybridized carbons (Fsp3) is 0.684. The van der Waals surface area contributed by atoms with Crippen LogP contribution in [-0.4, -0.2) is 12.2 Å². The van der Waals surface area contributed by atoms with Crippen molar-refractivity contribution >= 4 is 0 Å². The smallest absolute Gasteiger partial charge is 0.0874 e. The van der Waals surface area contributed by atoms with E-state index in [1.54, 1.807) is 0 Å². The highest BCUT2D eigenvalue weighted by Gasteiger charge is 2.39. The van der Waals surface area contributed by atoms with Crippen molar-refractivity contribution in [2.45, 2.75) is 75.9 Å². The van der Waals surface area contributed by atoms with E-state index in [4.69, 9.17) is 10.5 Å². The van der Waals surface area contributed by atoms with E-state index in [9.17, 15) is 0 Å². The highest BCUT2D eigenvalue weighted by atomic mass is 16.5. The van der Waals surface area contributed by atoms with E-state index in [1.165, 1.54) is 49.7 Å². The fourth-order valence-electron chi connectivity index (χ4n) is 4.00. The molecule has 2 fully saturated rings. The van der Waals surface area contributed by atoms with Crippen molar-refractivity contribution in [2.24, 2.45) is 5.73 Å². The van der Waals surface area contributed by atoms with Crippen LogP contribution in [0.5, 0.6) is 0 Å². The van der Waals surface area contributed by atoms with Gasteiger partial charge in [0.05, 0.1) is 11.6 Å². The number of hydrogen-bond donors (Lipinski definition) is 1. The van der Waals surface area contributed by atoms with Gasteiger partial charge in [0.1, 0.15) is 0 Å². The van der Waals surface area contributed by atoms with Gasteiger partial charge in [0.2, 0.25) is 0 Å². The summed E-state index contributed by atoms with van der Waals surface area (Å²) in [6.07, 6.45) is 10.1. The maximum Gasteiger partial charge on any atom is 0.0874 e. The van der Waals surface area contributed by atoms with Crippen LogP contribution in [0.2, 0.25) is 0 Å². The molecule has 2 heteroatoms. The summed E-state index contributed by atoms with van der Waals surface area (Å²) in [4.78, 5) is 0. The van der Waals surface area contributed by atoms with E-state index >= 15 is 0 Å². The summed E-state index contributed by atoms with van der Waals surface area (Å²) < 4.78 is 6.17. The lowest BCUT2D eigenvalue weighted by molar-refractivity contribution is -0.0830. The predicted octanol–water partition coefficient (Wildman–Crippen LogP) is 4.69. The number of hydrogen-bond acceptors (Lipinski definition) is 2. The van der Waals surface area contributed by atoms with Crippen LogP contribution in [0.25, 0.3) is 0 Å². The topological polar surface area (TPSA) is 35.2 Å². The first-order valence-corrected chi connectivity index (χ1v) is 8.74. The summed E-state index contributed by atoms with van der Waals surface area (Å²) in [5.41, 5.74) is 9.24. The third kappa shape index (κ3) is 3.02. The second kappa shape index (κ2) is 6.50. The minimum atomic E-state index is -0.134. The highest BCUT2D eigenvalue weighted by molar-refractivity contribution is 5.30. The molecule has 1 aromatic rings. The fourth-order valence-corrected chi connectivity index (χ4v) is 4.00. The first-order valence-electron chi connectivity index (χ1n) is 8.74. The molecule has 2 aliphatic rings. The number of benzene rings is 1. The van der Waals surface area contributed by atoms with E-state index in [0.29, 0.717) is 0 Å². The van der Waals surface area contributed by atoms with Crippen molar-refractivity contribution in [3.05, 3.63) is 35.4 Å². The first kappa shape index (κ1) is 15.1. The highest BCUT2D eigenvalue weighted by Crippen LogP contribution is 2.41. The normalized spacial score (nSPS) is 23.5. The lowest BCUT2D eigenvalue weighted by Gasteiger charge is -2.42. The second-order valence-corrected chi connectivity index (χ2v) is 6.83. The quantitative estimate of drug-likeness (QED) is 0.852. The molecule has 1 unspecified atom stereocenters. The zero-order chi connectivity index (χ0) is 14.7. The molecule has 2 N–H and O–H groups in total. The third-order valence-electron chi connectivity index (χ3n) is 5.57. The van der Waals surface area contributed by atoms with Crippen LogP contribution in [-0.2, 0) is 4.74 Å². The summed E-state index contributed by atoms with van der Waals surface area (Å²) in [6, 6.07) is 9.08. The Morgan fingerprint density at radius 1 is 1.10 bits per heavy atom. The summed E-state index contributed by atoms with van der Waals surface area (Å²) >= 11 is 0. The molecule has 0 spiro atoms. The molecule has 0 amide bonds. The monoisotopic (exact) mass is 287 g/mol. The molecule has 2 nitrogen and oxygen atoms in total. The Bertz CT molecular complexity index is 438. The van der Waals surface area contributed by atoms with Gasteiger partial charge in [-0.2, -0.15) is 0 Å². The summed E-state index contributed by atoms with van der Waals surface area (Å²) in [5.74, 6) is 0.797. The van der Waals surface area contributed by atoms with Crippen molar-refractivity contribution in [3.63, 3.8) is 0 Å². The zero-order valence-electron chi connectivity index (χ0n) is 13.3. The number of ether oxygens (including phenoxy) is 1. The van der Waals surface area contributed by atoms with Crippen molar-refractivity contribution in [3.8, 4) is 0 Å². The molecule has 0 saturated heterocycles. The molecule has 1 aromatic carbocycles. The molecule has 0 aliphatic heterocycles. The van der Waals surface area contributed by atoms with Gasteiger partial charge >= 0.3 is 0 Å². The summed E-state index contributed by atoms with van der Waals surface area (Å²) in [6.45, 7) is 2.84. The van der Waals surface area contributed by atoms with E-state index in [-0.39, 0.29) is 11.6 Å². The Balaban J connectivity index is 1.76. The van der Waals surface area contributed by atoms with Gasteiger partial charge in [0.25, 0.3) is 0 Å². The SMILES string of the molecule is CCOC1(C(N)c2ccc(C3CCC3)cc2)CCCCC1. The zero-order valence-corrected chi connectivity index (χ0v) is 13.3. The Labute approximate surface area is 129 Å². The molecule has 2 saturated carbocycles. The molecule has 0 bridgehead atoms. The van der Waals surface area contributed by atoms with E-state index < -0.39 is 0 Å². The lowest BCUT2D eigenvalue weighted by atomic mass is 9.76. The summed E-state index contributed by atoms with van der Waals surface area (Å²) in [5, 5.41) is 0. The molecule has 3 rings (SSSR count). The van der Waals surface area contributed by atoms with Crippen LogP contribution in [0.15, 0.2) is 24.3 Å². The third-order valence-corrected chi connectivity index (χ3v) is 5.57. The van der Waals surface area contributed by atoms with Gasteiger partial charge in [0.15, 0.2) is 0 Å². The maximum atomic E-state index is 6.64. The Morgan fingerprint density at radius 2 is 1.76 bits per heavy atom. The first-order chi connectivity index (χ1) is 10.2. The van der Waals surface area contributed by atoms with Gasteiger partial charge < -0.3 is 10.5 Å². The van der Waals surface area contributed by atoms with Crippen molar-refractivity contribution in [2.75, 3.05) is 6.61 Å². The van der Waals surface area contributed by atoms with Crippen LogP contribution in [0, 0.1) is 0 Å². The van der Waals surface area contributed by atoms with Crippen LogP contribution < -0.4 is 5.73 Å². The summed E-state index contributed by atoms with van der Waals surface area (Å²) in [7, 11) is 0. The van der Waals surface area contributed by atoms with Gasteiger partial charge in [-0.25, -0.2) is 0 Å². The van der Waals surface area contributed by atoms with Gasteiger partial charge in [-0.05, 0) is 49.7 Å². The number of rotatable bonds is 5. The van der Waals surface area contributed by atoms with Crippen molar-refractivity contribution in [1.82, 2.24) is 0 Å². The molecule has 2 aliphatic carbocycles. The van der Waals surface area contributed by atoms with E-state index in [0.717, 1.165) is 25.4 Å². The lowest BCUT2D eigenvalue weighted by Crippen LogP contribution is -2.45. The molecular formula is C19H29NO. The van der Waals surface area contributed by atoms with Gasteiger partial charge in [-0.1, -0.05) is 49.9 Å². The van der Waals surface area contributed by atoms with Gasteiger partial charge in [0, 0.05) is 6.61 Å². The van der Waals surface area contributed by atoms with E-state index in [2.05, 4.69) is 31.2 Å². The number of nitrogens with two attached hydrogens (primary N) is 1. The predicted molar refractivity (Wildman–Crippen MR) is 87.4 cm³/mol. The molecular weight excluding hydrogens is 258 g/mol. The van der Waals surface area contributed by atoms with Crippen molar-refractivity contribution in [1.29, 1.82) is 0 Å². The van der Waals surface area contributed by atoms with Crippen molar-refractivity contribution < 1.29 is 4.74 Å². The molecule has 1 atom stereocenters. The average Bonchev–Trinajstić information content (AvgIpc) is 2.47. The minimum absolute atomic E-state index is 0.00758. The van der Waals surface area contributed by atoms with Gasteiger partial charge in [-0.15, -0.1) is 0 Å². The van der Waals surface area contributed by atoms with Crippen LogP contribution >= 0.6 is 0 Å². The minimum Gasteiger partial charge on any atom is -0.373 e. The van der Waals surface area contributed by atoms with Crippen LogP contribution in [0.1, 0.15) is 81.4 Å². The second-order valence-electron chi connectivity index (χ2n) is 6.83.